The van der Waals surface area contributed by atoms with Gasteiger partial charge < -0.3 is 24.0 Å². The fourth-order valence-corrected chi connectivity index (χ4v) is 3.70. The predicted molar refractivity (Wildman–Crippen MR) is 101 cm³/mol. The Bertz CT molecular complexity index is 795. The van der Waals surface area contributed by atoms with Gasteiger partial charge in [-0.05, 0) is 44.4 Å². The van der Waals surface area contributed by atoms with Crippen LogP contribution < -0.4 is 9.80 Å². The zero-order valence-electron chi connectivity index (χ0n) is 16.4. The first-order valence-electron chi connectivity index (χ1n) is 9.29. The highest BCUT2D eigenvalue weighted by Gasteiger charge is 2.33. The van der Waals surface area contributed by atoms with Crippen molar-refractivity contribution in [3.8, 4) is 0 Å². The fourth-order valence-electron chi connectivity index (χ4n) is 3.70. The maximum absolute atomic E-state index is 15.0. The number of methoxy groups -OCH3 is 2. The molecular weight excluding hydrogens is 367 g/mol. The highest BCUT2D eigenvalue weighted by Crippen LogP contribution is 2.32. The van der Waals surface area contributed by atoms with Gasteiger partial charge in [0, 0.05) is 18.3 Å². The molecule has 0 N–H and O–H groups in total. The molecule has 0 radical (unpaired) electrons. The molecule has 0 aliphatic carbocycles. The number of halogens is 1. The van der Waals surface area contributed by atoms with Crippen LogP contribution in [0.2, 0.25) is 0 Å². The number of benzene rings is 1. The second kappa shape index (κ2) is 8.60. The quantitative estimate of drug-likeness (QED) is 0.730. The fraction of sp³-hybridized carbons (Fsp3) is 0.500. The predicted octanol–water partition coefficient (Wildman–Crippen LogP) is 2.60. The average molecular weight is 392 g/mol. The lowest BCUT2D eigenvalue weighted by atomic mass is 10.0. The van der Waals surface area contributed by atoms with Crippen LogP contribution in [0.4, 0.5) is 15.8 Å². The summed E-state index contributed by atoms with van der Waals surface area (Å²) in [6.45, 7) is 2.80. The Kier molecular flexibility index (Phi) is 6.18. The van der Waals surface area contributed by atoms with Crippen molar-refractivity contribution in [2.75, 3.05) is 43.9 Å². The maximum Gasteiger partial charge on any atom is 0.355 e. The van der Waals surface area contributed by atoms with E-state index < -0.39 is 11.9 Å². The van der Waals surface area contributed by atoms with Crippen molar-refractivity contribution in [2.45, 2.75) is 32.2 Å². The smallest absolute Gasteiger partial charge is 0.355 e. The molecule has 2 heterocycles. The van der Waals surface area contributed by atoms with Crippen LogP contribution in [0.25, 0.3) is 0 Å². The molecule has 28 heavy (non-hydrogen) atoms. The maximum atomic E-state index is 15.0. The van der Waals surface area contributed by atoms with Gasteiger partial charge in [0.15, 0.2) is 0 Å². The number of hydrogen-bond acceptors (Lipinski definition) is 7. The molecule has 7 nitrogen and oxygen atoms in total. The molecule has 2 aliphatic heterocycles. The number of anilines is 2. The number of rotatable bonds is 4. The third-order valence-electron chi connectivity index (χ3n) is 5.19. The second-order valence-corrected chi connectivity index (χ2v) is 6.89. The lowest BCUT2D eigenvalue weighted by Crippen LogP contribution is -2.39. The Morgan fingerprint density at radius 2 is 1.93 bits per heavy atom. The Morgan fingerprint density at radius 3 is 2.57 bits per heavy atom. The standard InChI is InChI=1S/C20H25FN2O5/c1-13-6-4-5-9-22(13)17-8-7-14(10-16(17)21)23-12-28-11-15(19(24)26-2)18(23)20(25)27-3/h7-8,10,13H,4-6,9,11-12H2,1-3H3. The first-order valence-corrected chi connectivity index (χ1v) is 9.29. The normalized spacial score (nSPS) is 20.2. The Hall–Kier alpha value is -2.61. The van der Waals surface area contributed by atoms with Crippen LogP contribution in [0.3, 0.4) is 0 Å². The molecule has 0 bridgehead atoms. The van der Waals surface area contributed by atoms with Gasteiger partial charge in [-0.2, -0.15) is 0 Å². The van der Waals surface area contributed by atoms with Crippen molar-refractivity contribution in [1.29, 1.82) is 0 Å². The van der Waals surface area contributed by atoms with Gasteiger partial charge in [0.25, 0.3) is 0 Å². The van der Waals surface area contributed by atoms with E-state index in [0.717, 1.165) is 25.8 Å². The summed E-state index contributed by atoms with van der Waals surface area (Å²) < 4.78 is 30.0. The molecule has 8 heteroatoms. The lowest BCUT2D eigenvalue weighted by Gasteiger charge is -2.36. The molecule has 3 rings (SSSR count). The number of nitrogens with zero attached hydrogens (tertiary/aromatic N) is 2. The van der Waals surface area contributed by atoms with Gasteiger partial charge in [0.05, 0.1) is 32.1 Å². The van der Waals surface area contributed by atoms with Gasteiger partial charge in [-0.25, -0.2) is 14.0 Å². The molecular formula is C20H25FN2O5. The van der Waals surface area contributed by atoms with Gasteiger partial charge in [0.2, 0.25) is 0 Å². The molecule has 1 aromatic carbocycles. The first-order chi connectivity index (χ1) is 13.5. The van der Waals surface area contributed by atoms with Crippen molar-refractivity contribution >= 4 is 23.3 Å². The third kappa shape index (κ3) is 3.82. The van der Waals surface area contributed by atoms with Gasteiger partial charge in [-0.3, -0.25) is 0 Å². The SMILES string of the molecule is COC(=O)C1=C(C(=O)OC)N(c2ccc(N3CCCCC3C)c(F)c2)COC1. The van der Waals surface area contributed by atoms with Crippen molar-refractivity contribution < 1.29 is 28.2 Å². The molecule has 1 fully saturated rings. The minimum Gasteiger partial charge on any atom is -0.466 e. The first kappa shape index (κ1) is 20.1. The molecule has 0 amide bonds. The Morgan fingerprint density at radius 1 is 1.18 bits per heavy atom. The number of hydrogen-bond donors (Lipinski definition) is 0. The van der Waals surface area contributed by atoms with E-state index >= 15 is 0 Å². The average Bonchev–Trinajstić information content (AvgIpc) is 2.72. The number of piperidine rings is 1. The van der Waals surface area contributed by atoms with Crippen molar-refractivity contribution in [2.24, 2.45) is 0 Å². The van der Waals surface area contributed by atoms with E-state index in [-0.39, 0.29) is 36.5 Å². The zero-order valence-corrected chi connectivity index (χ0v) is 16.4. The van der Waals surface area contributed by atoms with E-state index in [0.29, 0.717) is 11.4 Å². The van der Waals surface area contributed by atoms with Crippen LogP contribution >= 0.6 is 0 Å². The monoisotopic (exact) mass is 392 g/mol. The van der Waals surface area contributed by atoms with Crippen LogP contribution in [0, 0.1) is 5.82 Å². The Balaban J connectivity index is 1.98. The summed E-state index contributed by atoms with van der Waals surface area (Å²) in [5, 5.41) is 0. The lowest BCUT2D eigenvalue weighted by molar-refractivity contribution is -0.140. The van der Waals surface area contributed by atoms with E-state index in [2.05, 4.69) is 11.8 Å². The minimum absolute atomic E-state index is 0.000842. The van der Waals surface area contributed by atoms with Crippen molar-refractivity contribution in [3.05, 3.63) is 35.3 Å². The van der Waals surface area contributed by atoms with Crippen molar-refractivity contribution in [3.63, 3.8) is 0 Å². The van der Waals surface area contributed by atoms with Gasteiger partial charge in [0.1, 0.15) is 18.2 Å². The van der Waals surface area contributed by atoms with E-state index in [1.165, 1.54) is 25.2 Å². The van der Waals surface area contributed by atoms with E-state index in [1.807, 2.05) is 0 Å². The summed E-state index contributed by atoms with van der Waals surface area (Å²) in [7, 11) is 2.44. The van der Waals surface area contributed by atoms with Gasteiger partial charge >= 0.3 is 11.9 Å². The molecule has 1 aromatic rings. The molecule has 1 atom stereocenters. The molecule has 0 saturated carbocycles. The summed E-state index contributed by atoms with van der Waals surface area (Å²) in [4.78, 5) is 27.9. The summed E-state index contributed by atoms with van der Waals surface area (Å²) in [5.41, 5.74) is 0.965. The zero-order chi connectivity index (χ0) is 20.3. The largest absolute Gasteiger partial charge is 0.466 e. The second-order valence-electron chi connectivity index (χ2n) is 6.89. The third-order valence-corrected chi connectivity index (χ3v) is 5.19. The summed E-state index contributed by atoms with van der Waals surface area (Å²) >= 11 is 0. The number of carbonyl (C=O) groups excluding carboxylic acids is 2. The highest BCUT2D eigenvalue weighted by molar-refractivity contribution is 6.03. The van der Waals surface area contributed by atoms with Crippen molar-refractivity contribution in [1.82, 2.24) is 0 Å². The van der Waals surface area contributed by atoms with E-state index in [9.17, 15) is 14.0 Å². The summed E-state index contributed by atoms with van der Waals surface area (Å²) in [5.74, 6) is -1.79. The van der Waals surface area contributed by atoms with Crippen LogP contribution in [0.1, 0.15) is 26.2 Å². The van der Waals surface area contributed by atoms with Gasteiger partial charge in [-0.15, -0.1) is 0 Å². The van der Waals surface area contributed by atoms with E-state index in [4.69, 9.17) is 14.2 Å². The van der Waals surface area contributed by atoms with E-state index in [1.54, 1.807) is 12.1 Å². The Labute approximate surface area is 163 Å². The molecule has 152 valence electrons. The van der Waals surface area contributed by atoms with Crippen LogP contribution in [0.5, 0.6) is 0 Å². The molecule has 0 aromatic heterocycles. The minimum atomic E-state index is -0.710. The molecule has 1 saturated heterocycles. The molecule has 2 aliphatic rings. The highest BCUT2D eigenvalue weighted by atomic mass is 19.1. The van der Waals surface area contributed by atoms with Crippen LogP contribution in [-0.4, -0.2) is 52.1 Å². The number of ether oxygens (including phenoxy) is 3. The topological polar surface area (TPSA) is 68.3 Å². The summed E-state index contributed by atoms with van der Waals surface area (Å²) in [6, 6.07) is 5.03. The molecule has 1 unspecified atom stereocenters. The van der Waals surface area contributed by atoms with Crippen LogP contribution in [-0.2, 0) is 23.8 Å². The summed E-state index contributed by atoms with van der Waals surface area (Å²) in [6.07, 6.45) is 3.20. The van der Waals surface area contributed by atoms with Gasteiger partial charge in [-0.1, -0.05) is 0 Å². The number of esters is 2. The van der Waals surface area contributed by atoms with Crippen LogP contribution in [0.15, 0.2) is 29.5 Å². The molecule has 0 spiro atoms. The number of carbonyl (C=O) groups is 2.